The molecule has 0 aliphatic heterocycles. The number of hydrogen-bond donors (Lipinski definition) is 2. The Balaban J connectivity index is 0.000000162. The molecule has 1 aromatic carbocycles. The van der Waals surface area contributed by atoms with E-state index < -0.39 is 6.09 Å². The summed E-state index contributed by atoms with van der Waals surface area (Å²) in [6.07, 6.45) is -1.02. The third kappa shape index (κ3) is 5.49. The summed E-state index contributed by atoms with van der Waals surface area (Å²) in [5, 5.41) is 12.9. The van der Waals surface area contributed by atoms with E-state index in [4.69, 9.17) is 5.11 Å². The molecule has 0 unspecified atom stereocenters. The maximum atomic E-state index is 9.96. The van der Waals surface area contributed by atoms with E-state index >= 15 is 0 Å². The van der Waals surface area contributed by atoms with Gasteiger partial charge >= 0.3 is 6.09 Å². The Bertz CT molecular complexity index is 346. The van der Waals surface area contributed by atoms with E-state index in [0.717, 1.165) is 0 Å². The number of anilines is 1. The van der Waals surface area contributed by atoms with Crippen LogP contribution in [-0.4, -0.2) is 11.2 Å². The van der Waals surface area contributed by atoms with Gasteiger partial charge in [-0.25, -0.2) is 4.79 Å². The van der Waals surface area contributed by atoms with Gasteiger partial charge in [0, 0.05) is 0 Å². The second kappa shape index (κ2) is 6.62. The summed E-state index contributed by atoms with van der Waals surface area (Å²) in [6.45, 7) is 0. The topological polar surface area (TPSA) is 49.3 Å². The Kier molecular flexibility index (Phi) is 4.97. The van der Waals surface area contributed by atoms with Gasteiger partial charge in [-0.05, 0) is 17.5 Å². The molecule has 0 radical (unpaired) electrons. The molecule has 2 N–H and O–H groups in total. The Morgan fingerprint density at radius 2 is 1.60 bits per heavy atom. The lowest BCUT2D eigenvalue weighted by molar-refractivity contribution is 0.210. The van der Waals surface area contributed by atoms with E-state index in [0.29, 0.717) is 5.00 Å². The molecule has 2 aromatic rings. The van der Waals surface area contributed by atoms with Gasteiger partial charge < -0.3 is 5.11 Å². The van der Waals surface area contributed by atoms with Crippen molar-refractivity contribution in [3.63, 3.8) is 0 Å². The maximum Gasteiger partial charge on any atom is 0.409 e. The molecule has 1 amide bonds. The third-order valence-corrected chi connectivity index (χ3v) is 2.20. The van der Waals surface area contributed by atoms with Gasteiger partial charge in [-0.15, -0.1) is 11.3 Å². The van der Waals surface area contributed by atoms with Crippen molar-refractivity contribution in [1.82, 2.24) is 0 Å². The van der Waals surface area contributed by atoms with E-state index in [1.165, 1.54) is 11.3 Å². The van der Waals surface area contributed by atoms with Crippen LogP contribution >= 0.6 is 11.3 Å². The van der Waals surface area contributed by atoms with Crippen molar-refractivity contribution in [1.29, 1.82) is 0 Å². The van der Waals surface area contributed by atoms with Crippen LogP contribution in [0.15, 0.2) is 53.9 Å². The molecule has 0 aliphatic rings. The summed E-state index contributed by atoms with van der Waals surface area (Å²) in [4.78, 5) is 9.96. The van der Waals surface area contributed by atoms with Crippen molar-refractivity contribution in [3.05, 3.63) is 53.9 Å². The van der Waals surface area contributed by atoms with Gasteiger partial charge in [-0.2, -0.15) is 0 Å². The van der Waals surface area contributed by atoms with Crippen LogP contribution in [-0.2, 0) is 0 Å². The monoisotopic (exact) mass is 221 g/mol. The molecule has 3 nitrogen and oxygen atoms in total. The Morgan fingerprint density at radius 3 is 1.93 bits per heavy atom. The number of hydrogen-bond acceptors (Lipinski definition) is 2. The smallest absolute Gasteiger partial charge is 0.409 e. The summed E-state index contributed by atoms with van der Waals surface area (Å²) in [7, 11) is 0. The lowest BCUT2D eigenvalue weighted by atomic mass is 10.4. The number of nitrogens with one attached hydrogen (secondary N) is 1. The van der Waals surface area contributed by atoms with Gasteiger partial charge in [0.25, 0.3) is 0 Å². The van der Waals surface area contributed by atoms with Crippen LogP contribution in [0.5, 0.6) is 0 Å². The molecular weight excluding hydrogens is 210 g/mol. The van der Waals surface area contributed by atoms with Gasteiger partial charge in [0.1, 0.15) is 0 Å². The van der Waals surface area contributed by atoms with Crippen molar-refractivity contribution in [2.24, 2.45) is 0 Å². The zero-order chi connectivity index (χ0) is 10.9. The number of amides is 1. The van der Waals surface area contributed by atoms with Crippen LogP contribution in [0.3, 0.4) is 0 Å². The van der Waals surface area contributed by atoms with Crippen molar-refractivity contribution in [2.75, 3.05) is 5.32 Å². The summed E-state index contributed by atoms with van der Waals surface area (Å²) in [5.74, 6) is 0. The van der Waals surface area contributed by atoms with Gasteiger partial charge in [0.2, 0.25) is 0 Å². The molecule has 0 fully saturated rings. The normalized spacial score (nSPS) is 8.53. The maximum absolute atomic E-state index is 9.96. The van der Waals surface area contributed by atoms with Crippen LogP contribution in [0.4, 0.5) is 9.80 Å². The Morgan fingerprint density at radius 1 is 1.07 bits per heavy atom. The zero-order valence-corrected chi connectivity index (χ0v) is 8.78. The van der Waals surface area contributed by atoms with E-state index in [9.17, 15) is 4.79 Å². The summed E-state index contributed by atoms with van der Waals surface area (Å²) in [5.41, 5.74) is 0. The molecule has 0 saturated carbocycles. The molecule has 0 bridgehead atoms. The third-order valence-electron chi connectivity index (χ3n) is 1.42. The minimum Gasteiger partial charge on any atom is -0.465 e. The molecular formula is C11H11NO2S. The number of carboxylic acid groups (broad SMARTS) is 1. The second-order valence-electron chi connectivity index (χ2n) is 2.56. The molecule has 0 spiro atoms. The molecule has 0 aliphatic carbocycles. The first-order valence-electron chi connectivity index (χ1n) is 4.32. The lowest BCUT2D eigenvalue weighted by Crippen LogP contribution is -2.04. The van der Waals surface area contributed by atoms with Gasteiger partial charge in [-0.1, -0.05) is 36.4 Å². The first-order chi connectivity index (χ1) is 7.29. The first-order valence-corrected chi connectivity index (χ1v) is 5.20. The fourth-order valence-corrected chi connectivity index (χ4v) is 1.45. The number of carbonyl (C=O) groups is 1. The second-order valence-corrected chi connectivity index (χ2v) is 3.51. The minimum absolute atomic E-state index is 0.655. The SMILES string of the molecule is O=C(O)Nc1cccs1.c1ccccc1. The fraction of sp³-hybridized carbons (Fsp3) is 0. The Hall–Kier alpha value is -1.81. The summed E-state index contributed by atoms with van der Waals surface area (Å²) < 4.78 is 0. The Labute approximate surface area is 92.0 Å². The summed E-state index contributed by atoms with van der Waals surface area (Å²) in [6, 6.07) is 15.5. The van der Waals surface area contributed by atoms with Gasteiger partial charge in [0.05, 0.1) is 5.00 Å². The predicted octanol–water partition coefficient (Wildman–Crippen LogP) is 3.52. The largest absolute Gasteiger partial charge is 0.465 e. The number of thiophene rings is 1. The van der Waals surface area contributed by atoms with Crippen LogP contribution in [0.25, 0.3) is 0 Å². The average Bonchev–Trinajstić information content (AvgIpc) is 2.73. The predicted molar refractivity (Wildman–Crippen MR) is 62.4 cm³/mol. The van der Waals surface area contributed by atoms with E-state index in [1.807, 2.05) is 41.8 Å². The molecule has 4 heteroatoms. The van der Waals surface area contributed by atoms with Gasteiger partial charge in [0.15, 0.2) is 0 Å². The fourth-order valence-electron chi connectivity index (χ4n) is 0.840. The molecule has 2 rings (SSSR count). The molecule has 1 aromatic heterocycles. The van der Waals surface area contributed by atoms with Crippen LogP contribution in [0.2, 0.25) is 0 Å². The quantitative estimate of drug-likeness (QED) is 0.774. The van der Waals surface area contributed by atoms with Gasteiger partial charge in [-0.3, -0.25) is 5.32 Å². The summed E-state index contributed by atoms with van der Waals surface area (Å²) >= 11 is 1.36. The molecule has 0 atom stereocenters. The highest BCUT2D eigenvalue weighted by molar-refractivity contribution is 7.14. The highest BCUT2D eigenvalue weighted by Crippen LogP contribution is 2.13. The van der Waals surface area contributed by atoms with E-state index in [2.05, 4.69) is 5.32 Å². The molecule has 1 heterocycles. The highest BCUT2D eigenvalue weighted by Gasteiger charge is 1.95. The van der Waals surface area contributed by atoms with Crippen molar-refractivity contribution < 1.29 is 9.90 Å². The lowest BCUT2D eigenvalue weighted by Gasteiger charge is -1.90. The molecule has 0 saturated heterocycles. The molecule has 15 heavy (non-hydrogen) atoms. The van der Waals surface area contributed by atoms with E-state index in [1.54, 1.807) is 12.1 Å². The zero-order valence-electron chi connectivity index (χ0n) is 7.96. The van der Waals surface area contributed by atoms with Crippen molar-refractivity contribution in [2.45, 2.75) is 0 Å². The first kappa shape index (κ1) is 11.3. The van der Waals surface area contributed by atoms with Crippen LogP contribution < -0.4 is 5.32 Å². The number of rotatable bonds is 1. The average molecular weight is 221 g/mol. The van der Waals surface area contributed by atoms with Crippen molar-refractivity contribution >= 4 is 22.4 Å². The van der Waals surface area contributed by atoms with Crippen LogP contribution in [0.1, 0.15) is 0 Å². The number of benzene rings is 1. The van der Waals surface area contributed by atoms with E-state index in [-0.39, 0.29) is 0 Å². The molecule has 78 valence electrons. The standard InChI is InChI=1S/C6H6.C5H5NO2S/c1-2-4-6-5-3-1;7-5(8)6-4-2-1-3-9-4/h1-6H;1-3,6H,(H,7,8). The van der Waals surface area contributed by atoms with Crippen molar-refractivity contribution in [3.8, 4) is 0 Å². The minimum atomic E-state index is -1.02. The van der Waals surface area contributed by atoms with Crippen LogP contribution in [0, 0.1) is 0 Å². The highest BCUT2D eigenvalue weighted by atomic mass is 32.1.